The second-order valence-electron chi connectivity index (χ2n) is 4.86. The van der Waals surface area contributed by atoms with Crippen LogP contribution in [0.3, 0.4) is 0 Å². The van der Waals surface area contributed by atoms with Crippen LogP contribution in [0.25, 0.3) is 0 Å². The molecule has 2 nitrogen and oxygen atoms in total. The van der Waals surface area contributed by atoms with Crippen molar-refractivity contribution >= 4 is 12.4 Å². The van der Waals surface area contributed by atoms with E-state index in [0.717, 1.165) is 6.07 Å². The first-order valence-corrected chi connectivity index (χ1v) is 5.32. The fourth-order valence-electron chi connectivity index (χ4n) is 1.50. The number of hydrogen-bond donors (Lipinski definition) is 2. The lowest BCUT2D eigenvalue weighted by molar-refractivity contribution is -0.140. The van der Waals surface area contributed by atoms with Gasteiger partial charge in [-0.15, -0.1) is 12.4 Å². The van der Waals surface area contributed by atoms with Crippen LogP contribution in [0.15, 0.2) is 18.2 Å². The summed E-state index contributed by atoms with van der Waals surface area (Å²) in [7, 11) is 0. The molecule has 0 amide bonds. The molecular formula is C12H16ClF4NO. The molecule has 0 fully saturated rings. The number of alkyl halides is 3. The summed E-state index contributed by atoms with van der Waals surface area (Å²) < 4.78 is 50.7. The van der Waals surface area contributed by atoms with Gasteiger partial charge < -0.3 is 10.8 Å². The van der Waals surface area contributed by atoms with Crippen LogP contribution in [-0.2, 0) is 6.18 Å². The van der Waals surface area contributed by atoms with Crippen LogP contribution < -0.4 is 5.73 Å². The minimum absolute atomic E-state index is 0. The molecule has 110 valence electrons. The quantitative estimate of drug-likeness (QED) is 0.842. The van der Waals surface area contributed by atoms with Crippen molar-refractivity contribution in [3.63, 3.8) is 0 Å². The second kappa shape index (κ2) is 6.07. The van der Waals surface area contributed by atoms with E-state index < -0.39 is 29.0 Å². The number of benzene rings is 1. The maximum absolute atomic E-state index is 13.1. The van der Waals surface area contributed by atoms with Gasteiger partial charge in [0.2, 0.25) is 0 Å². The van der Waals surface area contributed by atoms with Gasteiger partial charge in [0.05, 0.1) is 5.56 Å². The Bertz CT molecular complexity index is 434. The molecule has 1 aromatic carbocycles. The fourth-order valence-corrected chi connectivity index (χ4v) is 1.50. The SMILES string of the molecule is CC(C)(CO)[C@@H](N)c1ccc(F)c(C(F)(F)F)c1.Cl. The first-order valence-electron chi connectivity index (χ1n) is 5.32. The van der Waals surface area contributed by atoms with E-state index in [2.05, 4.69) is 0 Å². The van der Waals surface area contributed by atoms with Gasteiger partial charge in [-0.3, -0.25) is 0 Å². The predicted molar refractivity (Wildman–Crippen MR) is 66.4 cm³/mol. The zero-order valence-electron chi connectivity index (χ0n) is 10.5. The number of nitrogens with two attached hydrogens (primary N) is 1. The molecule has 19 heavy (non-hydrogen) atoms. The summed E-state index contributed by atoms with van der Waals surface area (Å²) in [6.07, 6.45) is -4.76. The molecule has 0 bridgehead atoms. The summed E-state index contributed by atoms with van der Waals surface area (Å²) in [6, 6.07) is 1.82. The van der Waals surface area contributed by atoms with E-state index in [-0.39, 0.29) is 24.6 Å². The van der Waals surface area contributed by atoms with Gasteiger partial charge in [0.25, 0.3) is 0 Å². The van der Waals surface area contributed by atoms with Crippen molar-refractivity contribution in [2.75, 3.05) is 6.61 Å². The van der Waals surface area contributed by atoms with Crippen molar-refractivity contribution in [1.29, 1.82) is 0 Å². The Morgan fingerprint density at radius 2 is 1.79 bits per heavy atom. The van der Waals surface area contributed by atoms with Crippen LogP contribution in [0.5, 0.6) is 0 Å². The van der Waals surface area contributed by atoms with Crippen molar-refractivity contribution < 1.29 is 22.7 Å². The molecular weight excluding hydrogens is 286 g/mol. The molecule has 0 radical (unpaired) electrons. The first-order chi connectivity index (χ1) is 8.09. The van der Waals surface area contributed by atoms with Crippen molar-refractivity contribution in [1.82, 2.24) is 0 Å². The van der Waals surface area contributed by atoms with Gasteiger partial charge in [-0.1, -0.05) is 19.9 Å². The normalized spacial score (nSPS) is 13.9. The summed E-state index contributed by atoms with van der Waals surface area (Å²) in [5.74, 6) is -1.33. The average molecular weight is 302 g/mol. The van der Waals surface area contributed by atoms with Crippen molar-refractivity contribution in [2.45, 2.75) is 26.1 Å². The van der Waals surface area contributed by atoms with Gasteiger partial charge in [-0.25, -0.2) is 4.39 Å². The maximum Gasteiger partial charge on any atom is 0.419 e. The molecule has 1 atom stereocenters. The third-order valence-electron chi connectivity index (χ3n) is 2.90. The molecule has 0 spiro atoms. The van der Waals surface area contributed by atoms with Crippen LogP contribution >= 0.6 is 12.4 Å². The van der Waals surface area contributed by atoms with Crippen molar-refractivity contribution in [3.05, 3.63) is 35.1 Å². The van der Waals surface area contributed by atoms with E-state index in [1.54, 1.807) is 13.8 Å². The highest BCUT2D eigenvalue weighted by Gasteiger charge is 2.36. The zero-order chi connectivity index (χ0) is 14.1. The Morgan fingerprint density at radius 3 is 2.21 bits per heavy atom. The monoisotopic (exact) mass is 301 g/mol. The van der Waals surface area contributed by atoms with Crippen LogP contribution in [0.4, 0.5) is 17.6 Å². The van der Waals surface area contributed by atoms with E-state index >= 15 is 0 Å². The van der Waals surface area contributed by atoms with Gasteiger partial charge in [0, 0.05) is 18.1 Å². The topological polar surface area (TPSA) is 46.2 Å². The molecule has 0 saturated heterocycles. The van der Waals surface area contributed by atoms with E-state index in [1.807, 2.05) is 0 Å². The highest BCUT2D eigenvalue weighted by Crippen LogP contribution is 2.36. The smallest absolute Gasteiger partial charge is 0.396 e. The van der Waals surface area contributed by atoms with Crippen molar-refractivity contribution in [2.24, 2.45) is 11.1 Å². The molecule has 1 rings (SSSR count). The van der Waals surface area contributed by atoms with E-state index in [0.29, 0.717) is 6.07 Å². The third kappa shape index (κ3) is 4.06. The largest absolute Gasteiger partial charge is 0.419 e. The summed E-state index contributed by atoms with van der Waals surface area (Å²) in [6.45, 7) is 2.95. The molecule has 3 N–H and O–H groups in total. The Kier molecular flexibility index (Phi) is 5.80. The Morgan fingerprint density at radius 1 is 1.26 bits per heavy atom. The highest BCUT2D eigenvalue weighted by molar-refractivity contribution is 5.85. The van der Waals surface area contributed by atoms with Crippen LogP contribution in [0, 0.1) is 11.2 Å². The lowest BCUT2D eigenvalue weighted by Gasteiger charge is -2.30. The molecule has 1 aromatic rings. The number of aliphatic hydroxyl groups is 1. The van der Waals surface area contributed by atoms with Gasteiger partial charge in [0.15, 0.2) is 0 Å². The van der Waals surface area contributed by atoms with Crippen LogP contribution in [0.1, 0.15) is 31.0 Å². The summed E-state index contributed by atoms with van der Waals surface area (Å²) in [4.78, 5) is 0. The fraction of sp³-hybridized carbons (Fsp3) is 0.500. The molecule has 0 aromatic heterocycles. The zero-order valence-corrected chi connectivity index (χ0v) is 11.3. The van der Waals surface area contributed by atoms with E-state index in [1.165, 1.54) is 6.07 Å². The number of hydrogen-bond acceptors (Lipinski definition) is 2. The van der Waals surface area contributed by atoms with Gasteiger partial charge in [0.1, 0.15) is 5.82 Å². The second-order valence-corrected chi connectivity index (χ2v) is 4.86. The third-order valence-corrected chi connectivity index (χ3v) is 2.90. The lowest BCUT2D eigenvalue weighted by atomic mass is 9.81. The van der Waals surface area contributed by atoms with E-state index in [9.17, 15) is 17.6 Å². The molecule has 0 aliphatic carbocycles. The first kappa shape index (κ1) is 18.1. The standard InChI is InChI=1S/C12H15F4NO.ClH/c1-11(2,6-18)10(17)7-3-4-9(13)8(5-7)12(14,15)16;/h3-5,10,18H,6,17H2,1-2H3;1H/t10-;/m0./s1. The van der Waals surface area contributed by atoms with Gasteiger partial charge >= 0.3 is 6.18 Å². The van der Waals surface area contributed by atoms with Gasteiger partial charge in [-0.2, -0.15) is 13.2 Å². The minimum atomic E-state index is -4.76. The predicted octanol–water partition coefficient (Wildman–Crippen LogP) is 3.28. The Labute approximate surface area is 115 Å². The summed E-state index contributed by atoms with van der Waals surface area (Å²) >= 11 is 0. The van der Waals surface area contributed by atoms with Crippen LogP contribution in [0.2, 0.25) is 0 Å². The Balaban J connectivity index is 0.00000324. The molecule has 0 aliphatic heterocycles. The number of rotatable bonds is 3. The average Bonchev–Trinajstić information content (AvgIpc) is 2.27. The molecule has 0 heterocycles. The van der Waals surface area contributed by atoms with Gasteiger partial charge in [-0.05, 0) is 17.7 Å². The molecule has 0 saturated carbocycles. The molecule has 7 heteroatoms. The summed E-state index contributed by atoms with van der Waals surface area (Å²) in [5, 5.41) is 9.13. The number of aliphatic hydroxyl groups excluding tert-OH is 1. The molecule has 0 aliphatic rings. The van der Waals surface area contributed by atoms with E-state index in [4.69, 9.17) is 10.8 Å². The van der Waals surface area contributed by atoms with Crippen LogP contribution in [-0.4, -0.2) is 11.7 Å². The molecule has 0 unspecified atom stereocenters. The number of halogens is 5. The Hall–Kier alpha value is -0.850. The maximum atomic E-state index is 13.1. The van der Waals surface area contributed by atoms with Crippen molar-refractivity contribution in [3.8, 4) is 0 Å². The summed E-state index contributed by atoms with van der Waals surface area (Å²) in [5.41, 5.74) is 3.80. The minimum Gasteiger partial charge on any atom is -0.396 e. The highest BCUT2D eigenvalue weighted by atomic mass is 35.5. The lowest BCUT2D eigenvalue weighted by Crippen LogP contribution is -2.32.